The molecule has 0 heterocycles. The van der Waals surface area contributed by atoms with Gasteiger partial charge in [-0.25, -0.2) is 4.79 Å². The van der Waals surface area contributed by atoms with Crippen molar-refractivity contribution >= 4 is 22.1 Å². The SMILES string of the molecule is C=C(C=CC(=O)[O-])C(=O)OCCCS(=O)(=O)O.[K+]. The van der Waals surface area contributed by atoms with Crippen LogP contribution in [0.4, 0.5) is 0 Å². The van der Waals surface area contributed by atoms with E-state index in [0.717, 1.165) is 6.08 Å². The number of esters is 1. The normalized spacial score (nSPS) is 10.7. The molecule has 1 N–H and O–H groups in total. The van der Waals surface area contributed by atoms with Crippen LogP contribution < -0.4 is 56.5 Å². The van der Waals surface area contributed by atoms with E-state index in [1.807, 2.05) is 0 Å². The number of carbonyl (C=O) groups excluding carboxylic acids is 2. The smallest absolute Gasteiger partial charge is 0.545 e. The van der Waals surface area contributed by atoms with E-state index in [0.29, 0.717) is 6.08 Å². The molecular weight excluding hydrogens is 291 g/mol. The van der Waals surface area contributed by atoms with Crippen molar-refractivity contribution in [3.8, 4) is 0 Å². The summed E-state index contributed by atoms with van der Waals surface area (Å²) in [5.74, 6) is -2.88. The van der Waals surface area contributed by atoms with Crippen molar-refractivity contribution in [1.82, 2.24) is 0 Å². The largest absolute Gasteiger partial charge is 1.00 e. The van der Waals surface area contributed by atoms with Crippen LogP contribution >= 0.6 is 0 Å². The molecule has 9 heteroatoms. The molecule has 0 aliphatic carbocycles. The summed E-state index contributed by atoms with van der Waals surface area (Å²) in [7, 11) is -4.08. The van der Waals surface area contributed by atoms with Gasteiger partial charge in [-0.1, -0.05) is 6.58 Å². The Morgan fingerprint density at radius 3 is 2.33 bits per heavy atom. The van der Waals surface area contributed by atoms with Crippen molar-refractivity contribution in [1.29, 1.82) is 0 Å². The van der Waals surface area contributed by atoms with Crippen LogP contribution in [0, 0.1) is 0 Å². The molecule has 0 bridgehead atoms. The Morgan fingerprint density at radius 2 is 1.89 bits per heavy atom. The standard InChI is InChI=1S/C9H12O7S.K/c1-7(3-4-8(10)11)9(12)16-5-2-6-17(13,14)15;/h3-4H,1-2,5-6H2,(H,10,11)(H,13,14,15);/q;+1/p-1. The molecule has 96 valence electrons. The van der Waals surface area contributed by atoms with Gasteiger partial charge in [0.1, 0.15) is 0 Å². The maximum atomic E-state index is 11.1. The predicted octanol–water partition coefficient (Wildman–Crippen LogP) is -4.33. The van der Waals surface area contributed by atoms with Crippen molar-refractivity contribution in [2.24, 2.45) is 0 Å². The summed E-state index contributed by atoms with van der Waals surface area (Å²) in [6, 6.07) is 0. The van der Waals surface area contributed by atoms with Gasteiger partial charge in [-0.3, -0.25) is 4.55 Å². The Bertz CT molecular complexity index is 438. The first-order chi connectivity index (χ1) is 7.72. The number of carboxylic acids is 1. The predicted molar refractivity (Wildman–Crippen MR) is 55.3 cm³/mol. The molecule has 0 fully saturated rings. The fraction of sp³-hybridized carbons (Fsp3) is 0.333. The fourth-order valence-corrected chi connectivity index (χ4v) is 1.22. The Kier molecular flexibility index (Phi) is 11.1. The molecule has 0 aliphatic heterocycles. The molecule has 7 nitrogen and oxygen atoms in total. The molecule has 0 radical (unpaired) electrons. The van der Waals surface area contributed by atoms with Crippen LogP contribution in [0.5, 0.6) is 0 Å². The van der Waals surface area contributed by atoms with Gasteiger partial charge in [0.25, 0.3) is 10.1 Å². The van der Waals surface area contributed by atoms with Crippen LogP contribution in [0.25, 0.3) is 0 Å². The zero-order valence-electron chi connectivity index (χ0n) is 9.79. The van der Waals surface area contributed by atoms with Crippen molar-refractivity contribution < 1.29 is 83.8 Å². The molecule has 0 rings (SSSR count). The topological polar surface area (TPSA) is 121 Å². The quantitative estimate of drug-likeness (QED) is 0.126. The molecule has 18 heavy (non-hydrogen) atoms. The van der Waals surface area contributed by atoms with Gasteiger partial charge >= 0.3 is 57.4 Å². The Morgan fingerprint density at radius 1 is 1.33 bits per heavy atom. The van der Waals surface area contributed by atoms with E-state index in [2.05, 4.69) is 11.3 Å². The van der Waals surface area contributed by atoms with Gasteiger partial charge in [0, 0.05) is 0 Å². The van der Waals surface area contributed by atoms with Crippen LogP contribution in [0.15, 0.2) is 24.3 Å². The second-order valence-electron chi connectivity index (χ2n) is 2.95. The van der Waals surface area contributed by atoms with Crippen LogP contribution in [0.3, 0.4) is 0 Å². The second-order valence-corrected chi connectivity index (χ2v) is 4.53. The van der Waals surface area contributed by atoms with Crippen LogP contribution in [-0.4, -0.2) is 37.3 Å². The number of aliphatic carboxylic acids is 1. The van der Waals surface area contributed by atoms with Crippen molar-refractivity contribution in [3.05, 3.63) is 24.3 Å². The van der Waals surface area contributed by atoms with E-state index in [4.69, 9.17) is 4.55 Å². The molecule has 0 aromatic carbocycles. The van der Waals surface area contributed by atoms with Gasteiger partial charge in [0.15, 0.2) is 0 Å². The summed E-state index contributed by atoms with van der Waals surface area (Å²) in [5, 5.41) is 10.0. The van der Waals surface area contributed by atoms with E-state index >= 15 is 0 Å². The van der Waals surface area contributed by atoms with Crippen molar-refractivity contribution in [2.45, 2.75) is 6.42 Å². The number of carboxylic acid groups (broad SMARTS) is 1. The minimum atomic E-state index is -4.08. The van der Waals surface area contributed by atoms with E-state index < -0.39 is 27.8 Å². The molecule has 0 unspecified atom stereocenters. The summed E-state index contributed by atoms with van der Waals surface area (Å²) in [6.07, 6.45) is 1.45. The molecular formula is C9H11KO7S. The van der Waals surface area contributed by atoms with Gasteiger partial charge in [-0.05, 0) is 18.6 Å². The molecule has 0 saturated heterocycles. The zero-order chi connectivity index (χ0) is 13.5. The van der Waals surface area contributed by atoms with E-state index in [1.165, 1.54) is 0 Å². The van der Waals surface area contributed by atoms with Crippen LogP contribution in [-0.2, 0) is 24.4 Å². The average molecular weight is 302 g/mol. The maximum absolute atomic E-state index is 11.1. The van der Waals surface area contributed by atoms with Crippen LogP contribution in [0.1, 0.15) is 6.42 Å². The third-order valence-electron chi connectivity index (χ3n) is 1.46. The molecule has 0 aliphatic rings. The Labute approximate surface area is 147 Å². The molecule has 0 aromatic heterocycles. The van der Waals surface area contributed by atoms with E-state index in [-0.39, 0.29) is 70.0 Å². The first-order valence-corrected chi connectivity index (χ1v) is 6.03. The van der Waals surface area contributed by atoms with Crippen molar-refractivity contribution in [2.75, 3.05) is 12.4 Å². The monoisotopic (exact) mass is 302 g/mol. The second kappa shape index (κ2) is 9.84. The average Bonchev–Trinajstić information content (AvgIpc) is 2.19. The fourth-order valence-electron chi connectivity index (χ4n) is 0.736. The molecule has 0 spiro atoms. The third-order valence-corrected chi connectivity index (χ3v) is 2.27. The Balaban J connectivity index is 0. The molecule has 0 aromatic rings. The molecule has 0 saturated carbocycles. The Hall–Kier alpha value is -0.0336. The minimum Gasteiger partial charge on any atom is -0.545 e. The number of hydrogen-bond acceptors (Lipinski definition) is 6. The zero-order valence-corrected chi connectivity index (χ0v) is 13.7. The molecule has 0 atom stereocenters. The van der Waals surface area contributed by atoms with Crippen LogP contribution in [0.2, 0.25) is 0 Å². The summed E-state index contributed by atoms with van der Waals surface area (Å²) < 4.78 is 33.5. The summed E-state index contributed by atoms with van der Waals surface area (Å²) in [6.45, 7) is 3.01. The van der Waals surface area contributed by atoms with E-state index in [1.54, 1.807) is 0 Å². The summed E-state index contributed by atoms with van der Waals surface area (Å²) in [5.41, 5.74) is -0.207. The van der Waals surface area contributed by atoms with Gasteiger partial charge < -0.3 is 14.6 Å². The number of hydrogen-bond donors (Lipinski definition) is 1. The summed E-state index contributed by atoms with van der Waals surface area (Å²) >= 11 is 0. The number of carbonyl (C=O) groups is 2. The van der Waals surface area contributed by atoms with Gasteiger partial charge in [0.2, 0.25) is 0 Å². The van der Waals surface area contributed by atoms with Gasteiger partial charge in [-0.2, -0.15) is 8.42 Å². The minimum absolute atomic E-state index is 0. The summed E-state index contributed by atoms with van der Waals surface area (Å²) in [4.78, 5) is 21.1. The number of ether oxygens (including phenoxy) is 1. The third kappa shape index (κ3) is 12.4. The van der Waals surface area contributed by atoms with E-state index in [9.17, 15) is 23.1 Å². The maximum Gasteiger partial charge on any atom is 1.00 e. The number of rotatable bonds is 7. The first-order valence-electron chi connectivity index (χ1n) is 4.42. The van der Waals surface area contributed by atoms with Gasteiger partial charge in [0.05, 0.1) is 23.9 Å². The van der Waals surface area contributed by atoms with Crippen molar-refractivity contribution in [3.63, 3.8) is 0 Å². The molecule has 0 amide bonds. The van der Waals surface area contributed by atoms with Gasteiger partial charge in [-0.15, -0.1) is 0 Å². The first kappa shape index (κ1) is 20.3.